The molecule has 0 bridgehead atoms. The minimum atomic E-state index is 0.00711. The maximum atomic E-state index is 12.9. The molecule has 5 heteroatoms. The van der Waals surface area contributed by atoms with E-state index in [0.717, 1.165) is 29.7 Å². The number of carbonyl (C=O) groups excluding carboxylic acids is 2. The van der Waals surface area contributed by atoms with Gasteiger partial charge in [0.05, 0.1) is 18.7 Å². The molecule has 0 spiro atoms. The van der Waals surface area contributed by atoms with Crippen LogP contribution in [-0.4, -0.2) is 60.5 Å². The molecule has 0 aliphatic carbocycles. The molecule has 2 aliphatic rings. The topological polar surface area (TPSA) is 49.9 Å². The van der Waals surface area contributed by atoms with Crippen molar-refractivity contribution in [3.63, 3.8) is 0 Å². The molecule has 2 saturated heterocycles. The highest BCUT2D eigenvalue weighted by atomic mass is 16.5. The first kappa shape index (κ1) is 16.0. The fraction of sp³-hybridized carbons (Fsp3) is 0.556. The van der Waals surface area contributed by atoms with Gasteiger partial charge in [0.1, 0.15) is 0 Å². The van der Waals surface area contributed by atoms with Gasteiger partial charge >= 0.3 is 0 Å². The van der Waals surface area contributed by atoms with Crippen LogP contribution in [0.15, 0.2) is 18.2 Å². The number of carbonyl (C=O) groups is 2. The number of aryl methyl sites for hydroxylation is 2. The summed E-state index contributed by atoms with van der Waals surface area (Å²) in [5.74, 6) is 0.181. The normalized spacial score (nSPS) is 23.5. The Kier molecular flexibility index (Phi) is 4.39. The number of ether oxygens (including phenoxy) is 1. The maximum absolute atomic E-state index is 12.9. The van der Waals surface area contributed by atoms with E-state index in [1.165, 1.54) is 0 Å². The minimum absolute atomic E-state index is 0.00711. The molecular weight excluding hydrogens is 292 g/mol. The van der Waals surface area contributed by atoms with E-state index >= 15 is 0 Å². The zero-order valence-corrected chi connectivity index (χ0v) is 14.0. The first-order valence-corrected chi connectivity index (χ1v) is 8.19. The first-order chi connectivity index (χ1) is 11.0. The van der Waals surface area contributed by atoms with Gasteiger partial charge in [0, 0.05) is 32.2 Å². The van der Waals surface area contributed by atoms with Gasteiger partial charge in [-0.25, -0.2) is 0 Å². The Morgan fingerprint density at radius 3 is 2.57 bits per heavy atom. The average molecular weight is 316 g/mol. The third-order valence-electron chi connectivity index (χ3n) is 4.88. The smallest absolute Gasteiger partial charge is 0.254 e. The molecule has 0 N–H and O–H groups in total. The van der Waals surface area contributed by atoms with Crippen molar-refractivity contribution in [1.29, 1.82) is 0 Å². The Balaban J connectivity index is 1.78. The van der Waals surface area contributed by atoms with E-state index in [1.54, 1.807) is 7.11 Å². The van der Waals surface area contributed by atoms with Crippen LogP contribution in [0, 0.1) is 13.8 Å². The molecule has 124 valence electrons. The van der Waals surface area contributed by atoms with Crippen LogP contribution in [0.4, 0.5) is 0 Å². The van der Waals surface area contributed by atoms with Crippen molar-refractivity contribution in [2.45, 2.75) is 38.8 Å². The Bertz CT molecular complexity index is 608. The summed E-state index contributed by atoms with van der Waals surface area (Å²) in [7, 11) is 1.64. The number of nitrogens with zero attached hydrogens (tertiary/aromatic N) is 2. The molecular formula is C18H24N2O3. The van der Waals surface area contributed by atoms with Gasteiger partial charge < -0.3 is 14.5 Å². The predicted molar refractivity (Wildman–Crippen MR) is 87.4 cm³/mol. The molecule has 0 radical (unpaired) electrons. The van der Waals surface area contributed by atoms with Crippen molar-refractivity contribution in [3.05, 3.63) is 34.9 Å². The van der Waals surface area contributed by atoms with Gasteiger partial charge in [-0.05, 0) is 32.4 Å². The average Bonchev–Trinajstić information content (AvgIpc) is 3.02. The second kappa shape index (κ2) is 6.32. The summed E-state index contributed by atoms with van der Waals surface area (Å²) < 4.78 is 5.10. The van der Waals surface area contributed by atoms with Crippen molar-refractivity contribution < 1.29 is 14.3 Å². The Morgan fingerprint density at radius 2 is 1.91 bits per heavy atom. The van der Waals surface area contributed by atoms with Gasteiger partial charge in [-0.3, -0.25) is 9.59 Å². The minimum Gasteiger partial charge on any atom is -0.383 e. The number of likely N-dealkylation sites (tertiary alicyclic amines) is 2. The molecule has 0 aromatic heterocycles. The van der Waals surface area contributed by atoms with E-state index in [-0.39, 0.29) is 23.9 Å². The summed E-state index contributed by atoms with van der Waals surface area (Å²) in [6.07, 6.45) is 1.29. The number of rotatable bonds is 4. The van der Waals surface area contributed by atoms with Gasteiger partial charge in [0.25, 0.3) is 5.91 Å². The summed E-state index contributed by atoms with van der Waals surface area (Å²) in [4.78, 5) is 28.9. The maximum Gasteiger partial charge on any atom is 0.254 e. The van der Waals surface area contributed by atoms with E-state index in [2.05, 4.69) is 6.07 Å². The molecule has 0 saturated carbocycles. The number of hydrogen-bond donors (Lipinski definition) is 0. The molecule has 0 unspecified atom stereocenters. The lowest BCUT2D eigenvalue weighted by molar-refractivity contribution is -0.129. The molecule has 2 amide bonds. The van der Waals surface area contributed by atoms with Crippen molar-refractivity contribution in [2.75, 3.05) is 26.8 Å². The molecule has 3 rings (SSSR count). The molecule has 5 nitrogen and oxygen atoms in total. The highest BCUT2D eigenvalue weighted by Crippen LogP contribution is 2.33. The van der Waals surface area contributed by atoms with Gasteiger partial charge in [0.2, 0.25) is 5.91 Å². The molecule has 2 fully saturated rings. The second-order valence-corrected chi connectivity index (χ2v) is 6.58. The zero-order valence-electron chi connectivity index (χ0n) is 14.0. The number of methoxy groups -OCH3 is 1. The fourth-order valence-corrected chi connectivity index (χ4v) is 3.92. The highest BCUT2D eigenvalue weighted by Gasteiger charge is 2.48. The Hall–Kier alpha value is -1.88. The van der Waals surface area contributed by atoms with Crippen molar-refractivity contribution in [3.8, 4) is 0 Å². The Labute approximate surface area is 137 Å². The molecule has 2 aliphatic heterocycles. The fourth-order valence-electron chi connectivity index (χ4n) is 3.92. The van der Waals surface area contributed by atoms with E-state index in [1.807, 2.05) is 35.8 Å². The van der Waals surface area contributed by atoms with Crippen LogP contribution in [0.2, 0.25) is 0 Å². The van der Waals surface area contributed by atoms with Crippen LogP contribution in [0.5, 0.6) is 0 Å². The molecule has 2 heterocycles. The van der Waals surface area contributed by atoms with Crippen LogP contribution in [0.1, 0.15) is 34.3 Å². The van der Waals surface area contributed by atoms with Gasteiger partial charge in [-0.1, -0.05) is 17.2 Å². The third kappa shape index (κ3) is 2.98. The Morgan fingerprint density at radius 1 is 1.22 bits per heavy atom. The summed E-state index contributed by atoms with van der Waals surface area (Å²) >= 11 is 0. The standard InChI is InChI=1S/C18H24N2O3/c1-12-8-13(2)10-14(9-12)18(22)20-5-4-15-16(20)11-17(21)19(15)6-7-23-3/h8-10,15-16H,4-7,11H2,1-3H3/t15-,16-/m0/s1. The molecule has 2 atom stereocenters. The summed E-state index contributed by atoms with van der Waals surface area (Å²) in [6.45, 7) is 5.88. The lowest BCUT2D eigenvalue weighted by Gasteiger charge is -2.25. The van der Waals surface area contributed by atoms with Gasteiger partial charge in [-0.2, -0.15) is 0 Å². The van der Waals surface area contributed by atoms with Crippen LogP contribution in [-0.2, 0) is 9.53 Å². The van der Waals surface area contributed by atoms with Crippen LogP contribution < -0.4 is 0 Å². The quantitative estimate of drug-likeness (QED) is 0.850. The van der Waals surface area contributed by atoms with Gasteiger partial charge in [0.15, 0.2) is 0 Å². The third-order valence-corrected chi connectivity index (χ3v) is 4.88. The molecule has 1 aromatic carbocycles. The lowest BCUT2D eigenvalue weighted by atomic mass is 10.1. The van der Waals surface area contributed by atoms with Crippen LogP contribution >= 0.6 is 0 Å². The van der Waals surface area contributed by atoms with Crippen molar-refractivity contribution >= 4 is 11.8 Å². The largest absolute Gasteiger partial charge is 0.383 e. The SMILES string of the molecule is COCCN1C(=O)C[C@H]2[C@@H]1CCN2C(=O)c1cc(C)cc(C)c1. The number of benzene rings is 1. The van der Waals surface area contributed by atoms with Crippen molar-refractivity contribution in [1.82, 2.24) is 9.80 Å². The van der Waals surface area contributed by atoms with E-state index in [4.69, 9.17) is 4.74 Å². The number of hydrogen-bond acceptors (Lipinski definition) is 3. The first-order valence-electron chi connectivity index (χ1n) is 8.19. The predicted octanol–water partition coefficient (Wildman–Crippen LogP) is 1.77. The van der Waals surface area contributed by atoms with Crippen LogP contribution in [0.3, 0.4) is 0 Å². The molecule has 23 heavy (non-hydrogen) atoms. The number of fused-ring (bicyclic) bond motifs is 1. The molecule has 1 aromatic rings. The number of amides is 2. The van der Waals surface area contributed by atoms with Crippen LogP contribution in [0.25, 0.3) is 0 Å². The van der Waals surface area contributed by atoms with E-state index in [9.17, 15) is 9.59 Å². The van der Waals surface area contributed by atoms with Gasteiger partial charge in [-0.15, -0.1) is 0 Å². The highest BCUT2D eigenvalue weighted by molar-refractivity contribution is 5.96. The van der Waals surface area contributed by atoms with E-state index < -0.39 is 0 Å². The zero-order chi connectivity index (χ0) is 16.6. The summed E-state index contributed by atoms with van der Waals surface area (Å²) in [6, 6.07) is 6.08. The summed E-state index contributed by atoms with van der Waals surface area (Å²) in [5, 5.41) is 0. The van der Waals surface area contributed by atoms with Crippen molar-refractivity contribution in [2.24, 2.45) is 0 Å². The monoisotopic (exact) mass is 316 g/mol. The summed E-state index contributed by atoms with van der Waals surface area (Å²) in [5.41, 5.74) is 2.91. The lowest BCUT2D eigenvalue weighted by Crippen LogP contribution is -2.40. The second-order valence-electron chi connectivity index (χ2n) is 6.58. The van der Waals surface area contributed by atoms with E-state index in [0.29, 0.717) is 19.6 Å².